The molecule has 0 atom stereocenters. The monoisotopic (exact) mass is 410 g/mol. The van der Waals surface area contributed by atoms with Crippen molar-refractivity contribution in [2.24, 2.45) is 0 Å². The van der Waals surface area contributed by atoms with Gasteiger partial charge in [0.25, 0.3) is 0 Å². The van der Waals surface area contributed by atoms with Crippen LogP contribution in [0.15, 0.2) is 72.8 Å². The zero-order valence-corrected chi connectivity index (χ0v) is 17.0. The Morgan fingerprint density at radius 1 is 0.828 bits per heavy atom. The number of ether oxygens (including phenoxy) is 3. The molecule has 0 N–H and O–H groups in total. The molecule has 5 heteroatoms. The lowest BCUT2D eigenvalue weighted by Gasteiger charge is -2.14. The summed E-state index contributed by atoms with van der Waals surface area (Å²) in [5, 5.41) is 0.660. The number of para-hydroxylation sites is 1. The maximum absolute atomic E-state index is 12.5. The summed E-state index contributed by atoms with van der Waals surface area (Å²) < 4.78 is 16.8. The second-order valence-corrected chi connectivity index (χ2v) is 6.99. The first kappa shape index (κ1) is 20.9. The van der Waals surface area contributed by atoms with E-state index in [1.807, 2.05) is 60.7 Å². The van der Waals surface area contributed by atoms with Gasteiger partial charge in [-0.3, -0.25) is 4.79 Å². The van der Waals surface area contributed by atoms with E-state index in [0.29, 0.717) is 42.6 Å². The molecule has 0 bridgehead atoms. The highest BCUT2D eigenvalue weighted by molar-refractivity contribution is 6.30. The Balaban J connectivity index is 1.71. The summed E-state index contributed by atoms with van der Waals surface area (Å²) in [5.74, 6) is 2.02. The summed E-state index contributed by atoms with van der Waals surface area (Å²) in [5.41, 5.74) is 1.82. The largest absolute Gasteiger partial charge is 0.487 e. The van der Waals surface area contributed by atoms with Crippen molar-refractivity contribution >= 4 is 17.4 Å². The van der Waals surface area contributed by atoms with Crippen LogP contribution < -0.4 is 9.47 Å². The van der Waals surface area contributed by atoms with Gasteiger partial charge >= 0.3 is 0 Å². The predicted octanol–water partition coefficient (Wildman–Crippen LogP) is 5.51. The molecule has 29 heavy (non-hydrogen) atoms. The third-order valence-corrected chi connectivity index (χ3v) is 4.49. The van der Waals surface area contributed by atoms with Gasteiger partial charge in [-0.25, -0.2) is 0 Å². The van der Waals surface area contributed by atoms with Crippen molar-refractivity contribution in [3.63, 3.8) is 0 Å². The fourth-order valence-electron chi connectivity index (χ4n) is 2.83. The van der Waals surface area contributed by atoms with Crippen LogP contribution in [0.5, 0.6) is 17.2 Å². The van der Waals surface area contributed by atoms with Crippen LogP contribution in [-0.2, 0) is 22.4 Å². The molecule has 0 aromatic heterocycles. The lowest BCUT2D eigenvalue weighted by molar-refractivity contribution is -0.117. The molecule has 3 aromatic rings. The van der Waals surface area contributed by atoms with Crippen LogP contribution in [0.1, 0.15) is 11.1 Å². The second kappa shape index (κ2) is 10.6. The third-order valence-electron chi connectivity index (χ3n) is 4.24. The Kier molecular flexibility index (Phi) is 7.68. The van der Waals surface area contributed by atoms with Crippen molar-refractivity contribution in [3.8, 4) is 17.2 Å². The van der Waals surface area contributed by atoms with Gasteiger partial charge in [-0.15, -0.1) is 0 Å². The van der Waals surface area contributed by atoms with Crippen LogP contribution in [0.4, 0.5) is 0 Å². The molecule has 0 fully saturated rings. The van der Waals surface area contributed by atoms with Crippen LogP contribution in [0.25, 0.3) is 0 Å². The molecular formula is C24H23ClO4. The maximum Gasteiger partial charge on any atom is 0.169 e. The maximum atomic E-state index is 12.5. The van der Waals surface area contributed by atoms with Gasteiger partial charge in [0.15, 0.2) is 11.5 Å². The number of carbonyl (C=O) groups is 1. The molecule has 0 saturated heterocycles. The van der Waals surface area contributed by atoms with Gasteiger partial charge in [-0.05, 0) is 47.5 Å². The van der Waals surface area contributed by atoms with Gasteiger partial charge in [-0.1, -0.05) is 48.0 Å². The first-order chi connectivity index (χ1) is 14.1. The number of halogens is 1. The Morgan fingerprint density at radius 3 is 2.24 bits per heavy atom. The van der Waals surface area contributed by atoms with Gasteiger partial charge in [0.2, 0.25) is 0 Å². The molecule has 0 heterocycles. The molecule has 0 unspecified atom stereocenters. The van der Waals surface area contributed by atoms with E-state index >= 15 is 0 Å². The summed E-state index contributed by atoms with van der Waals surface area (Å²) >= 11 is 5.90. The predicted molar refractivity (Wildman–Crippen MR) is 114 cm³/mol. The van der Waals surface area contributed by atoms with E-state index in [0.717, 1.165) is 16.9 Å². The first-order valence-corrected chi connectivity index (χ1v) is 9.75. The molecule has 0 aliphatic rings. The van der Waals surface area contributed by atoms with Gasteiger partial charge in [-0.2, -0.15) is 0 Å². The minimum Gasteiger partial charge on any atom is -0.487 e. The van der Waals surface area contributed by atoms with Gasteiger partial charge in [0, 0.05) is 25.0 Å². The van der Waals surface area contributed by atoms with Crippen LogP contribution in [-0.4, -0.2) is 26.1 Å². The number of benzene rings is 3. The SMILES string of the molecule is COCCOc1cc(CC(=O)Cc2ccc(Cl)cc2)ccc1Oc1ccccc1. The summed E-state index contributed by atoms with van der Waals surface area (Å²) in [4.78, 5) is 12.5. The molecule has 0 radical (unpaired) electrons. The zero-order valence-electron chi connectivity index (χ0n) is 16.3. The van der Waals surface area contributed by atoms with Crippen molar-refractivity contribution in [3.05, 3.63) is 88.9 Å². The number of methoxy groups -OCH3 is 1. The standard InChI is InChI=1S/C24H23ClO4/c1-27-13-14-28-24-17-19(9-12-23(24)29-22-5-3-2-4-6-22)16-21(26)15-18-7-10-20(25)11-8-18/h2-12,17H,13-16H2,1H3. The van der Waals surface area contributed by atoms with Crippen LogP contribution >= 0.6 is 11.6 Å². The van der Waals surface area contributed by atoms with E-state index in [9.17, 15) is 4.79 Å². The van der Waals surface area contributed by atoms with E-state index in [1.54, 1.807) is 19.2 Å². The van der Waals surface area contributed by atoms with E-state index in [2.05, 4.69) is 0 Å². The smallest absolute Gasteiger partial charge is 0.169 e. The number of carbonyl (C=O) groups excluding carboxylic acids is 1. The quantitative estimate of drug-likeness (QED) is 0.413. The average Bonchev–Trinajstić information content (AvgIpc) is 2.72. The van der Waals surface area contributed by atoms with E-state index in [1.165, 1.54) is 0 Å². The molecule has 0 aliphatic carbocycles. The van der Waals surface area contributed by atoms with Crippen molar-refractivity contribution in [2.45, 2.75) is 12.8 Å². The summed E-state index contributed by atoms with van der Waals surface area (Å²) in [7, 11) is 1.62. The number of hydrogen-bond donors (Lipinski definition) is 0. The fraction of sp³-hybridized carbons (Fsp3) is 0.208. The van der Waals surface area contributed by atoms with Crippen molar-refractivity contribution in [1.82, 2.24) is 0 Å². The highest BCUT2D eigenvalue weighted by Gasteiger charge is 2.11. The molecule has 0 aliphatic heterocycles. The summed E-state index contributed by atoms with van der Waals surface area (Å²) in [6.07, 6.45) is 0.675. The second-order valence-electron chi connectivity index (χ2n) is 6.56. The summed E-state index contributed by atoms with van der Waals surface area (Å²) in [6.45, 7) is 0.855. The Labute approximate surface area is 176 Å². The Morgan fingerprint density at radius 2 is 1.52 bits per heavy atom. The van der Waals surface area contributed by atoms with E-state index < -0.39 is 0 Å². The molecule has 3 aromatic carbocycles. The summed E-state index contributed by atoms with van der Waals surface area (Å²) in [6, 6.07) is 22.4. The van der Waals surface area contributed by atoms with E-state index in [-0.39, 0.29) is 5.78 Å². The minimum absolute atomic E-state index is 0.117. The highest BCUT2D eigenvalue weighted by Crippen LogP contribution is 2.33. The van der Waals surface area contributed by atoms with Crippen LogP contribution in [0.2, 0.25) is 5.02 Å². The van der Waals surface area contributed by atoms with Gasteiger partial charge < -0.3 is 14.2 Å². The normalized spacial score (nSPS) is 10.6. The lowest BCUT2D eigenvalue weighted by atomic mass is 10.0. The fourth-order valence-corrected chi connectivity index (χ4v) is 2.96. The number of rotatable bonds is 10. The molecule has 4 nitrogen and oxygen atoms in total. The number of ketones is 1. The number of Topliss-reactive ketones (excluding diaryl/α,β-unsaturated/α-hetero) is 1. The average molecular weight is 411 g/mol. The lowest BCUT2D eigenvalue weighted by Crippen LogP contribution is -2.08. The van der Waals surface area contributed by atoms with Crippen LogP contribution in [0, 0.1) is 0 Å². The highest BCUT2D eigenvalue weighted by atomic mass is 35.5. The molecule has 3 rings (SSSR count). The zero-order chi connectivity index (χ0) is 20.5. The minimum atomic E-state index is 0.117. The number of hydrogen-bond acceptors (Lipinski definition) is 4. The Hall–Kier alpha value is -2.82. The molecule has 0 saturated carbocycles. The van der Waals surface area contributed by atoms with E-state index in [4.69, 9.17) is 25.8 Å². The van der Waals surface area contributed by atoms with Crippen molar-refractivity contribution in [2.75, 3.05) is 20.3 Å². The molecule has 0 amide bonds. The van der Waals surface area contributed by atoms with Crippen molar-refractivity contribution < 1.29 is 19.0 Å². The molecule has 0 spiro atoms. The Bertz CT molecular complexity index is 923. The van der Waals surface area contributed by atoms with Gasteiger partial charge in [0.05, 0.1) is 6.61 Å². The van der Waals surface area contributed by atoms with Gasteiger partial charge in [0.1, 0.15) is 18.1 Å². The third kappa shape index (κ3) is 6.63. The molecular weight excluding hydrogens is 388 g/mol. The van der Waals surface area contributed by atoms with Crippen LogP contribution in [0.3, 0.4) is 0 Å². The first-order valence-electron chi connectivity index (χ1n) is 9.38. The molecule has 150 valence electrons. The topological polar surface area (TPSA) is 44.8 Å². The van der Waals surface area contributed by atoms with Crippen molar-refractivity contribution in [1.29, 1.82) is 0 Å².